The summed E-state index contributed by atoms with van der Waals surface area (Å²) in [7, 11) is 0.417. The minimum Gasteiger partial charge on any atom is -0.412 e. The van der Waals surface area contributed by atoms with Gasteiger partial charge >= 0.3 is 0 Å². The molecule has 0 aromatic carbocycles. The smallest absolute Gasteiger partial charge is 0.0135 e. The minimum absolute atomic E-state index is 0. The van der Waals surface area contributed by atoms with Crippen molar-refractivity contribution in [2.24, 2.45) is 0 Å². The molecule has 0 aliphatic heterocycles. The molecule has 0 unspecified atom stereocenters. The van der Waals surface area contributed by atoms with Crippen molar-refractivity contribution < 1.29 is 5.48 Å². The van der Waals surface area contributed by atoms with Crippen LogP contribution >= 0.6 is 0 Å². The first-order valence-corrected chi connectivity index (χ1v) is 4.24. The van der Waals surface area contributed by atoms with E-state index in [4.69, 9.17) is 0 Å². The lowest BCUT2D eigenvalue weighted by Crippen LogP contribution is -1.53. The maximum absolute atomic E-state index is 2.26. The lowest BCUT2D eigenvalue weighted by Gasteiger charge is -1.45. The third kappa shape index (κ3) is 365. The predicted molar refractivity (Wildman–Crippen MR) is 29.6 cm³/mol. The maximum atomic E-state index is 2.26. The lowest BCUT2D eigenvalue weighted by molar-refractivity contribution is 0.824. The van der Waals surface area contributed by atoms with Crippen LogP contribution in [0.25, 0.3) is 0 Å². The highest BCUT2D eigenvalue weighted by molar-refractivity contribution is 6.31. The first-order valence-electron chi connectivity index (χ1n) is 1.41. The van der Waals surface area contributed by atoms with Crippen LogP contribution in [0.2, 0.25) is 13.1 Å². The molecule has 0 aliphatic rings. The zero-order valence-corrected chi connectivity index (χ0v) is 5.20. The van der Waals surface area contributed by atoms with Crippen LogP contribution in [0.3, 0.4) is 0 Å². The molecule has 1 nitrogen and oxygen atoms in total. The van der Waals surface area contributed by atoms with Crippen LogP contribution in [-0.4, -0.2) is 23.4 Å². The quantitative estimate of drug-likeness (QED) is 0.342. The second kappa shape index (κ2) is 28.9. The largest absolute Gasteiger partial charge is 0.412 e. The molecule has 0 aromatic heterocycles. The van der Waals surface area contributed by atoms with Gasteiger partial charge in [-0.1, -0.05) is 13.1 Å². The molecule has 0 saturated heterocycles. The Morgan fingerprint density at radius 3 is 1.20 bits per heavy atom. The molecule has 0 saturated carbocycles. The molecule has 3 heteroatoms. The Labute approximate surface area is 37.5 Å². The Hall–Kier alpha value is 0.242. The van der Waals surface area contributed by atoms with Gasteiger partial charge in [-0.05, 0) is 0 Å². The van der Waals surface area contributed by atoms with Gasteiger partial charge in [0, 0.05) is 17.9 Å². The Morgan fingerprint density at radius 2 is 1.20 bits per heavy atom. The van der Waals surface area contributed by atoms with Crippen LogP contribution in [0.4, 0.5) is 0 Å². The van der Waals surface area contributed by atoms with E-state index >= 15 is 0 Å². The molecule has 0 amide bonds. The highest BCUT2D eigenvalue weighted by Crippen LogP contribution is 1.36. The standard InChI is InChI=1S/C2H8Si.B.H2O/c1-3-2;;/h3H2,1-2H3;;1H2. The molecule has 0 heterocycles. The summed E-state index contributed by atoms with van der Waals surface area (Å²) in [6.45, 7) is 4.53. The van der Waals surface area contributed by atoms with Gasteiger partial charge in [-0.25, -0.2) is 0 Å². The van der Waals surface area contributed by atoms with Crippen molar-refractivity contribution in [2.45, 2.75) is 13.1 Å². The van der Waals surface area contributed by atoms with E-state index in [0.717, 1.165) is 0 Å². The normalized spacial score (nSPS) is 3.60. The van der Waals surface area contributed by atoms with Gasteiger partial charge in [0.05, 0.1) is 0 Å². The zero-order chi connectivity index (χ0) is 2.71. The van der Waals surface area contributed by atoms with E-state index in [-0.39, 0.29) is 13.9 Å². The zero-order valence-electron chi connectivity index (χ0n) is 3.78. The summed E-state index contributed by atoms with van der Waals surface area (Å²) in [6, 6.07) is 0. The van der Waals surface area contributed by atoms with Gasteiger partial charge in [0.15, 0.2) is 0 Å². The van der Waals surface area contributed by atoms with Crippen molar-refractivity contribution in [3.8, 4) is 0 Å². The first-order chi connectivity index (χ1) is 1.41. The molecule has 2 N–H and O–H groups in total. The monoisotopic (exact) mass is 89.1 g/mol. The molecule has 0 atom stereocenters. The van der Waals surface area contributed by atoms with E-state index in [1.54, 1.807) is 0 Å². The Kier molecular flexibility index (Phi) is 108. The molecule has 0 rings (SSSR count). The van der Waals surface area contributed by atoms with Gasteiger partial charge < -0.3 is 5.48 Å². The fourth-order valence-corrected chi connectivity index (χ4v) is 0. The van der Waals surface area contributed by atoms with Crippen molar-refractivity contribution in [1.29, 1.82) is 0 Å². The molecule has 0 spiro atoms. The van der Waals surface area contributed by atoms with Crippen LogP contribution in [-0.2, 0) is 0 Å². The highest BCUT2D eigenvalue weighted by Gasteiger charge is 1.38. The SMILES string of the molecule is C[SiH2]C.O.[B]. The van der Waals surface area contributed by atoms with Crippen molar-refractivity contribution in [2.75, 3.05) is 0 Å². The summed E-state index contributed by atoms with van der Waals surface area (Å²) in [6.07, 6.45) is 0. The lowest BCUT2D eigenvalue weighted by atomic mass is 10.8. The molecule has 0 aromatic rings. The summed E-state index contributed by atoms with van der Waals surface area (Å²) in [5.74, 6) is 0. The molecule has 31 valence electrons. The van der Waals surface area contributed by atoms with Gasteiger partial charge in [-0.15, -0.1) is 0 Å². The summed E-state index contributed by atoms with van der Waals surface area (Å²) in [5, 5.41) is 0. The third-order valence-corrected chi connectivity index (χ3v) is 0. The average Bonchev–Trinajstić information content (AvgIpc) is 0.918. The Bertz CT molecular complexity index is 9.61. The fourth-order valence-electron chi connectivity index (χ4n) is 0. The number of hydrogen-bond acceptors (Lipinski definition) is 0. The van der Waals surface area contributed by atoms with Gasteiger partial charge in [0.2, 0.25) is 0 Å². The topological polar surface area (TPSA) is 31.5 Å². The van der Waals surface area contributed by atoms with E-state index < -0.39 is 0 Å². The van der Waals surface area contributed by atoms with Crippen molar-refractivity contribution in [3.63, 3.8) is 0 Å². The second-order valence-electron chi connectivity index (χ2n) is 0.707. The van der Waals surface area contributed by atoms with Gasteiger partial charge in [-0.2, -0.15) is 0 Å². The molecule has 3 radical (unpaired) electrons. The van der Waals surface area contributed by atoms with Crippen molar-refractivity contribution >= 4 is 17.9 Å². The van der Waals surface area contributed by atoms with Crippen LogP contribution in [0.15, 0.2) is 0 Å². The van der Waals surface area contributed by atoms with Crippen molar-refractivity contribution in [1.82, 2.24) is 0 Å². The predicted octanol–water partition coefficient (Wildman–Crippen LogP) is -0.954. The van der Waals surface area contributed by atoms with Crippen LogP contribution in [0.5, 0.6) is 0 Å². The fraction of sp³-hybridized carbons (Fsp3) is 1.00. The van der Waals surface area contributed by atoms with Crippen LogP contribution in [0, 0.1) is 0 Å². The Morgan fingerprint density at radius 1 is 1.20 bits per heavy atom. The van der Waals surface area contributed by atoms with E-state index in [2.05, 4.69) is 13.1 Å². The number of rotatable bonds is 0. The molecule has 0 aliphatic carbocycles. The van der Waals surface area contributed by atoms with E-state index in [9.17, 15) is 0 Å². The first kappa shape index (κ1) is 18.8. The van der Waals surface area contributed by atoms with Crippen LogP contribution in [0.1, 0.15) is 0 Å². The highest BCUT2D eigenvalue weighted by atomic mass is 28.2. The molecular weight excluding hydrogens is 78.9 g/mol. The van der Waals surface area contributed by atoms with E-state index in [1.807, 2.05) is 0 Å². The second-order valence-corrected chi connectivity index (χ2v) is 2.12. The van der Waals surface area contributed by atoms with Gasteiger partial charge in [-0.3, -0.25) is 0 Å². The third-order valence-electron chi connectivity index (χ3n) is 0. The summed E-state index contributed by atoms with van der Waals surface area (Å²) in [4.78, 5) is 0. The van der Waals surface area contributed by atoms with E-state index in [0.29, 0.717) is 9.52 Å². The summed E-state index contributed by atoms with van der Waals surface area (Å²) in [5.41, 5.74) is 0. The minimum atomic E-state index is 0. The van der Waals surface area contributed by atoms with Gasteiger partial charge in [0.1, 0.15) is 0 Å². The summed E-state index contributed by atoms with van der Waals surface area (Å²) >= 11 is 0. The molecule has 0 fully saturated rings. The molecular formula is C2H10BOSi. The number of hydrogen-bond donors (Lipinski definition) is 0. The maximum Gasteiger partial charge on any atom is 0.0135 e. The Balaban J connectivity index is -0.0000000200. The molecule has 5 heavy (non-hydrogen) atoms. The van der Waals surface area contributed by atoms with Gasteiger partial charge in [0.25, 0.3) is 0 Å². The van der Waals surface area contributed by atoms with Crippen molar-refractivity contribution in [3.05, 3.63) is 0 Å². The average molecular weight is 89.0 g/mol. The van der Waals surface area contributed by atoms with E-state index in [1.165, 1.54) is 0 Å². The summed E-state index contributed by atoms with van der Waals surface area (Å²) < 4.78 is 0. The van der Waals surface area contributed by atoms with Crippen LogP contribution < -0.4 is 0 Å². The molecule has 0 bridgehead atoms.